The van der Waals surface area contributed by atoms with Crippen LogP contribution in [0.25, 0.3) is 0 Å². The van der Waals surface area contributed by atoms with Crippen molar-refractivity contribution < 1.29 is 4.74 Å². The van der Waals surface area contributed by atoms with Crippen molar-refractivity contribution >= 4 is 5.82 Å². The van der Waals surface area contributed by atoms with Gasteiger partial charge in [-0.05, 0) is 12.1 Å². The van der Waals surface area contributed by atoms with Gasteiger partial charge in [-0.1, -0.05) is 6.07 Å². The lowest BCUT2D eigenvalue weighted by atomic mass is 10.2. The third-order valence-electron chi connectivity index (χ3n) is 2.63. The number of hydrogen-bond acceptors (Lipinski definition) is 6. The molecule has 0 spiro atoms. The van der Waals surface area contributed by atoms with E-state index < -0.39 is 0 Å². The highest BCUT2D eigenvalue weighted by atomic mass is 16.5. The molecule has 0 amide bonds. The van der Waals surface area contributed by atoms with Crippen molar-refractivity contribution in [2.45, 2.75) is 12.6 Å². The summed E-state index contributed by atoms with van der Waals surface area (Å²) in [5.41, 5.74) is 3.45. The molecule has 17 heavy (non-hydrogen) atoms. The molecule has 2 rings (SSSR count). The second-order valence-electron chi connectivity index (χ2n) is 3.88. The van der Waals surface area contributed by atoms with Gasteiger partial charge < -0.3 is 10.2 Å². The standard InChI is InChI=1S/C11H15N5O/c12-6-10-8-16(4-5-17-10)7-9-2-1-3-11(14-9)15-13/h1-3,10H,4-5,7-8,13H2,(H,14,15). The fourth-order valence-electron chi connectivity index (χ4n) is 1.80. The number of morpholine rings is 1. The Bertz CT molecular complexity index is 417. The quantitative estimate of drug-likeness (QED) is 0.568. The molecule has 0 bridgehead atoms. The van der Waals surface area contributed by atoms with Crippen LogP contribution < -0.4 is 11.3 Å². The lowest BCUT2D eigenvalue weighted by molar-refractivity contribution is -0.00310. The van der Waals surface area contributed by atoms with Crippen LogP contribution in [-0.4, -0.2) is 35.7 Å². The summed E-state index contributed by atoms with van der Waals surface area (Å²) in [6.07, 6.45) is -0.334. The van der Waals surface area contributed by atoms with E-state index in [0.29, 0.717) is 25.5 Å². The van der Waals surface area contributed by atoms with E-state index in [1.807, 2.05) is 12.1 Å². The van der Waals surface area contributed by atoms with Gasteiger partial charge in [0.2, 0.25) is 0 Å². The Morgan fingerprint density at radius 3 is 3.29 bits per heavy atom. The minimum atomic E-state index is -0.334. The predicted octanol–water partition coefficient (Wildman–Crippen LogP) is 0.0916. The molecule has 0 saturated carbocycles. The number of rotatable bonds is 3. The smallest absolute Gasteiger partial charge is 0.156 e. The van der Waals surface area contributed by atoms with Gasteiger partial charge in [0.05, 0.1) is 18.4 Å². The third kappa shape index (κ3) is 3.14. The number of nitrogen functional groups attached to an aromatic ring is 1. The number of nitrogens with one attached hydrogen (secondary N) is 1. The van der Waals surface area contributed by atoms with Crippen LogP contribution in [0.5, 0.6) is 0 Å². The van der Waals surface area contributed by atoms with Gasteiger partial charge in [-0.25, -0.2) is 10.8 Å². The van der Waals surface area contributed by atoms with Crippen LogP contribution in [0.3, 0.4) is 0 Å². The largest absolute Gasteiger partial charge is 0.361 e. The van der Waals surface area contributed by atoms with Crippen LogP contribution in [0, 0.1) is 11.3 Å². The molecular weight excluding hydrogens is 218 g/mol. The summed E-state index contributed by atoms with van der Waals surface area (Å²) in [7, 11) is 0. The molecule has 3 N–H and O–H groups in total. The summed E-state index contributed by atoms with van der Waals surface area (Å²) in [4.78, 5) is 6.49. The van der Waals surface area contributed by atoms with Crippen molar-refractivity contribution in [2.24, 2.45) is 5.84 Å². The van der Waals surface area contributed by atoms with E-state index in [4.69, 9.17) is 15.8 Å². The van der Waals surface area contributed by atoms with Gasteiger partial charge in [-0.15, -0.1) is 0 Å². The van der Waals surface area contributed by atoms with E-state index in [-0.39, 0.29) is 6.10 Å². The second kappa shape index (κ2) is 5.59. The van der Waals surface area contributed by atoms with Crippen LogP contribution in [0.2, 0.25) is 0 Å². The van der Waals surface area contributed by atoms with Gasteiger partial charge in [0, 0.05) is 19.6 Å². The molecule has 0 aliphatic carbocycles. The molecule has 0 aromatic carbocycles. The Morgan fingerprint density at radius 2 is 2.53 bits per heavy atom. The molecule has 6 nitrogen and oxygen atoms in total. The van der Waals surface area contributed by atoms with Gasteiger partial charge in [0.25, 0.3) is 0 Å². The molecule has 1 aliphatic rings. The topological polar surface area (TPSA) is 87.2 Å². The number of pyridine rings is 1. The first-order valence-corrected chi connectivity index (χ1v) is 5.48. The number of nitrogens with zero attached hydrogens (tertiary/aromatic N) is 3. The van der Waals surface area contributed by atoms with Crippen molar-refractivity contribution in [1.82, 2.24) is 9.88 Å². The van der Waals surface area contributed by atoms with Crippen LogP contribution in [0.15, 0.2) is 18.2 Å². The molecule has 1 fully saturated rings. The number of aromatic nitrogens is 1. The molecule has 1 aromatic heterocycles. The first-order chi connectivity index (χ1) is 8.31. The summed E-state index contributed by atoms with van der Waals surface area (Å²) < 4.78 is 5.28. The predicted molar refractivity (Wildman–Crippen MR) is 62.7 cm³/mol. The zero-order chi connectivity index (χ0) is 12.1. The van der Waals surface area contributed by atoms with Crippen molar-refractivity contribution in [3.63, 3.8) is 0 Å². The van der Waals surface area contributed by atoms with Crippen molar-refractivity contribution in [1.29, 1.82) is 5.26 Å². The molecule has 1 aliphatic heterocycles. The maximum Gasteiger partial charge on any atom is 0.156 e. The molecular formula is C11H15N5O. The Balaban J connectivity index is 1.98. The first kappa shape index (κ1) is 11.8. The monoisotopic (exact) mass is 233 g/mol. The van der Waals surface area contributed by atoms with E-state index in [9.17, 15) is 0 Å². The lowest BCUT2D eigenvalue weighted by Crippen LogP contribution is -2.41. The van der Waals surface area contributed by atoms with Crippen LogP contribution in [0.4, 0.5) is 5.82 Å². The van der Waals surface area contributed by atoms with Crippen LogP contribution in [0.1, 0.15) is 5.69 Å². The summed E-state index contributed by atoms with van der Waals surface area (Å²) in [6.45, 7) is 2.74. The number of nitrogens with two attached hydrogens (primary N) is 1. The van der Waals surface area contributed by atoms with Gasteiger partial charge in [-0.3, -0.25) is 4.90 Å². The zero-order valence-corrected chi connectivity index (χ0v) is 9.47. The average molecular weight is 233 g/mol. The fourth-order valence-corrected chi connectivity index (χ4v) is 1.80. The minimum Gasteiger partial charge on any atom is -0.361 e. The van der Waals surface area contributed by atoms with Gasteiger partial charge in [0.1, 0.15) is 5.82 Å². The Morgan fingerprint density at radius 1 is 1.65 bits per heavy atom. The molecule has 90 valence electrons. The Hall–Kier alpha value is -1.68. The van der Waals surface area contributed by atoms with E-state index in [0.717, 1.165) is 12.2 Å². The summed E-state index contributed by atoms with van der Waals surface area (Å²) in [5, 5.41) is 8.81. The zero-order valence-electron chi connectivity index (χ0n) is 9.47. The number of ether oxygens (including phenoxy) is 1. The summed E-state index contributed by atoms with van der Waals surface area (Å²) >= 11 is 0. The second-order valence-corrected chi connectivity index (χ2v) is 3.88. The molecule has 1 aromatic rings. The molecule has 1 unspecified atom stereocenters. The molecule has 6 heteroatoms. The van der Waals surface area contributed by atoms with E-state index >= 15 is 0 Å². The third-order valence-corrected chi connectivity index (χ3v) is 2.63. The highest BCUT2D eigenvalue weighted by Crippen LogP contribution is 2.10. The summed E-state index contributed by atoms with van der Waals surface area (Å²) in [5.74, 6) is 5.95. The molecule has 0 radical (unpaired) electrons. The van der Waals surface area contributed by atoms with E-state index in [1.54, 1.807) is 6.07 Å². The average Bonchev–Trinajstić information content (AvgIpc) is 2.39. The van der Waals surface area contributed by atoms with Crippen LogP contribution >= 0.6 is 0 Å². The van der Waals surface area contributed by atoms with Crippen molar-refractivity contribution in [2.75, 3.05) is 25.1 Å². The normalized spacial score (nSPS) is 20.8. The van der Waals surface area contributed by atoms with Crippen LogP contribution in [-0.2, 0) is 11.3 Å². The van der Waals surface area contributed by atoms with E-state index in [2.05, 4.69) is 21.4 Å². The maximum atomic E-state index is 8.81. The first-order valence-electron chi connectivity index (χ1n) is 5.48. The van der Waals surface area contributed by atoms with Gasteiger partial charge in [-0.2, -0.15) is 5.26 Å². The molecule has 1 atom stereocenters. The van der Waals surface area contributed by atoms with Crippen molar-refractivity contribution in [3.05, 3.63) is 23.9 Å². The highest BCUT2D eigenvalue weighted by molar-refractivity contribution is 5.33. The number of hydrazine groups is 1. The molecule has 2 heterocycles. The van der Waals surface area contributed by atoms with Crippen molar-refractivity contribution in [3.8, 4) is 6.07 Å². The minimum absolute atomic E-state index is 0.334. The van der Waals surface area contributed by atoms with Gasteiger partial charge in [0.15, 0.2) is 6.10 Å². The number of hydrogen-bond donors (Lipinski definition) is 2. The Labute approximate surface area is 100.0 Å². The summed E-state index contributed by atoms with van der Waals surface area (Å²) in [6, 6.07) is 7.78. The number of nitriles is 1. The van der Waals surface area contributed by atoms with Gasteiger partial charge >= 0.3 is 0 Å². The fraction of sp³-hybridized carbons (Fsp3) is 0.455. The SMILES string of the molecule is N#CC1CN(Cc2cccc(NN)n2)CCO1. The van der Waals surface area contributed by atoms with E-state index in [1.165, 1.54) is 0 Å². The lowest BCUT2D eigenvalue weighted by Gasteiger charge is -2.29. The maximum absolute atomic E-state index is 8.81. The molecule has 1 saturated heterocycles. The highest BCUT2D eigenvalue weighted by Gasteiger charge is 2.20. The Kier molecular flexibility index (Phi) is 3.88. The number of anilines is 1.